The van der Waals surface area contributed by atoms with Crippen LogP contribution in [0.2, 0.25) is 0 Å². The van der Waals surface area contributed by atoms with Crippen molar-refractivity contribution in [2.24, 2.45) is 5.73 Å². The second kappa shape index (κ2) is 5.51. The summed E-state index contributed by atoms with van der Waals surface area (Å²) in [5.41, 5.74) is 6.18. The fraction of sp³-hybridized carbons (Fsp3) is 0.333. The van der Waals surface area contributed by atoms with Crippen LogP contribution in [0, 0.1) is 0 Å². The SMILES string of the molecule is C=CCNC(=O)Cc1csc(CN)n1. The Morgan fingerprint density at radius 2 is 2.57 bits per heavy atom. The van der Waals surface area contributed by atoms with E-state index in [0.717, 1.165) is 10.7 Å². The predicted octanol–water partition coefficient (Wildman–Crippen LogP) is 0.446. The zero-order valence-electron chi connectivity index (χ0n) is 7.82. The lowest BCUT2D eigenvalue weighted by Gasteiger charge is -1.98. The highest BCUT2D eigenvalue weighted by molar-refractivity contribution is 7.09. The summed E-state index contributed by atoms with van der Waals surface area (Å²) in [7, 11) is 0. The summed E-state index contributed by atoms with van der Waals surface area (Å²) >= 11 is 1.48. The van der Waals surface area contributed by atoms with E-state index in [0.29, 0.717) is 19.5 Å². The number of hydrogen-bond donors (Lipinski definition) is 2. The van der Waals surface area contributed by atoms with E-state index in [4.69, 9.17) is 5.73 Å². The number of nitrogens with one attached hydrogen (secondary N) is 1. The van der Waals surface area contributed by atoms with Crippen LogP contribution in [0.3, 0.4) is 0 Å². The first-order valence-corrected chi connectivity index (χ1v) is 5.15. The molecule has 1 heterocycles. The molecule has 0 bridgehead atoms. The van der Waals surface area contributed by atoms with Crippen LogP contribution in [-0.4, -0.2) is 17.4 Å². The lowest BCUT2D eigenvalue weighted by Crippen LogP contribution is -2.25. The Bertz CT molecular complexity index is 322. The van der Waals surface area contributed by atoms with Gasteiger partial charge in [0.05, 0.1) is 12.1 Å². The van der Waals surface area contributed by atoms with Crippen LogP contribution >= 0.6 is 11.3 Å². The van der Waals surface area contributed by atoms with Gasteiger partial charge in [-0.2, -0.15) is 0 Å². The highest BCUT2D eigenvalue weighted by atomic mass is 32.1. The Kier molecular flexibility index (Phi) is 4.28. The van der Waals surface area contributed by atoms with Gasteiger partial charge in [0.25, 0.3) is 0 Å². The molecule has 5 heteroatoms. The molecule has 0 unspecified atom stereocenters. The summed E-state index contributed by atoms with van der Waals surface area (Å²) in [6, 6.07) is 0. The van der Waals surface area contributed by atoms with Gasteiger partial charge in [-0.1, -0.05) is 6.08 Å². The topological polar surface area (TPSA) is 68.0 Å². The number of rotatable bonds is 5. The predicted molar refractivity (Wildman–Crippen MR) is 56.9 cm³/mol. The van der Waals surface area contributed by atoms with Gasteiger partial charge in [-0.05, 0) is 0 Å². The molecule has 1 rings (SSSR count). The molecule has 0 aromatic carbocycles. The highest BCUT2D eigenvalue weighted by Crippen LogP contribution is 2.08. The first-order valence-electron chi connectivity index (χ1n) is 4.27. The molecule has 1 aromatic heterocycles. The Hall–Kier alpha value is -1.20. The van der Waals surface area contributed by atoms with Gasteiger partial charge in [0, 0.05) is 18.5 Å². The van der Waals surface area contributed by atoms with E-state index >= 15 is 0 Å². The van der Waals surface area contributed by atoms with E-state index in [-0.39, 0.29) is 5.91 Å². The van der Waals surface area contributed by atoms with Crippen molar-refractivity contribution in [2.45, 2.75) is 13.0 Å². The summed E-state index contributed by atoms with van der Waals surface area (Å²) in [5, 5.41) is 5.40. The van der Waals surface area contributed by atoms with E-state index in [1.54, 1.807) is 6.08 Å². The smallest absolute Gasteiger partial charge is 0.226 e. The number of nitrogens with zero attached hydrogens (tertiary/aromatic N) is 1. The van der Waals surface area contributed by atoms with E-state index in [1.165, 1.54) is 11.3 Å². The third-order valence-electron chi connectivity index (χ3n) is 1.56. The Labute approximate surface area is 86.8 Å². The van der Waals surface area contributed by atoms with E-state index in [2.05, 4.69) is 16.9 Å². The van der Waals surface area contributed by atoms with Crippen LogP contribution in [0.15, 0.2) is 18.0 Å². The van der Waals surface area contributed by atoms with Gasteiger partial charge in [-0.3, -0.25) is 4.79 Å². The molecule has 0 saturated carbocycles. The van der Waals surface area contributed by atoms with Crippen molar-refractivity contribution >= 4 is 17.2 Å². The lowest BCUT2D eigenvalue weighted by molar-refractivity contribution is -0.120. The van der Waals surface area contributed by atoms with Crippen LogP contribution in [0.4, 0.5) is 0 Å². The van der Waals surface area contributed by atoms with Gasteiger partial charge in [0.15, 0.2) is 0 Å². The number of thiazole rings is 1. The molecule has 0 aliphatic heterocycles. The lowest BCUT2D eigenvalue weighted by atomic mass is 10.3. The zero-order chi connectivity index (χ0) is 10.4. The van der Waals surface area contributed by atoms with Gasteiger partial charge in [0.1, 0.15) is 5.01 Å². The third kappa shape index (κ3) is 3.27. The number of hydrogen-bond acceptors (Lipinski definition) is 4. The van der Waals surface area contributed by atoms with Crippen molar-refractivity contribution in [1.82, 2.24) is 10.3 Å². The maximum atomic E-state index is 11.2. The van der Waals surface area contributed by atoms with E-state index < -0.39 is 0 Å². The number of aromatic nitrogens is 1. The first-order chi connectivity index (χ1) is 6.76. The van der Waals surface area contributed by atoms with Crippen LogP contribution in [0.1, 0.15) is 10.7 Å². The highest BCUT2D eigenvalue weighted by Gasteiger charge is 2.05. The van der Waals surface area contributed by atoms with Crippen LogP contribution < -0.4 is 11.1 Å². The van der Waals surface area contributed by atoms with E-state index in [1.807, 2.05) is 5.38 Å². The van der Waals surface area contributed by atoms with Crippen LogP contribution in [0.5, 0.6) is 0 Å². The standard InChI is InChI=1S/C9H13N3OS/c1-2-3-11-8(13)4-7-6-14-9(5-10)12-7/h2,6H,1,3-5,10H2,(H,11,13). The molecule has 3 N–H and O–H groups in total. The van der Waals surface area contributed by atoms with Gasteiger partial charge in [-0.15, -0.1) is 17.9 Å². The molecule has 76 valence electrons. The molecule has 0 atom stereocenters. The van der Waals surface area contributed by atoms with Crippen molar-refractivity contribution in [3.8, 4) is 0 Å². The van der Waals surface area contributed by atoms with Gasteiger partial charge >= 0.3 is 0 Å². The summed E-state index contributed by atoms with van der Waals surface area (Å²) < 4.78 is 0. The monoisotopic (exact) mass is 211 g/mol. The largest absolute Gasteiger partial charge is 0.352 e. The average molecular weight is 211 g/mol. The molecule has 1 aromatic rings. The van der Waals surface area contributed by atoms with Crippen LogP contribution in [-0.2, 0) is 17.8 Å². The van der Waals surface area contributed by atoms with Crippen molar-refractivity contribution in [1.29, 1.82) is 0 Å². The molecule has 1 amide bonds. The number of carbonyl (C=O) groups excluding carboxylic acids is 1. The number of nitrogens with two attached hydrogens (primary N) is 1. The normalized spacial score (nSPS) is 9.79. The maximum Gasteiger partial charge on any atom is 0.226 e. The fourth-order valence-electron chi connectivity index (χ4n) is 0.937. The molecule has 0 radical (unpaired) electrons. The molecule has 0 fully saturated rings. The Morgan fingerprint density at radius 3 is 3.14 bits per heavy atom. The summed E-state index contributed by atoms with van der Waals surface area (Å²) in [4.78, 5) is 15.4. The minimum absolute atomic E-state index is 0.0428. The molecule has 0 saturated heterocycles. The molecule has 0 aliphatic rings. The third-order valence-corrected chi connectivity index (χ3v) is 2.48. The first kappa shape index (κ1) is 10.9. The van der Waals surface area contributed by atoms with E-state index in [9.17, 15) is 4.79 Å². The van der Waals surface area contributed by atoms with Crippen molar-refractivity contribution < 1.29 is 4.79 Å². The second-order valence-electron chi connectivity index (χ2n) is 2.71. The summed E-state index contributed by atoms with van der Waals surface area (Å²) in [6.07, 6.45) is 1.95. The quantitative estimate of drug-likeness (QED) is 0.695. The zero-order valence-corrected chi connectivity index (χ0v) is 8.64. The van der Waals surface area contributed by atoms with Gasteiger partial charge in [-0.25, -0.2) is 4.98 Å². The van der Waals surface area contributed by atoms with Crippen molar-refractivity contribution in [3.05, 3.63) is 28.7 Å². The number of carbonyl (C=O) groups is 1. The minimum atomic E-state index is -0.0428. The Balaban J connectivity index is 2.43. The van der Waals surface area contributed by atoms with Gasteiger partial charge in [0.2, 0.25) is 5.91 Å². The van der Waals surface area contributed by atoms with Gasteiger partial charge < -0.3 is 11.1 Å². The summed E-state index contributed by atoms with van der Waals surface area (Å²) in [5.74, 6) is -0.0428. The molecule has 14 heavy (non-hydrogen) atoms. The fourth-order valence-corrected chi connectivity index (χ4v) is 1.61. The molecule has 0 aliphatic carbocycles. The molecular weight excluding hydrogens is 198 g/mol. The minimum Gasteiger partial charge on any atom is -0.352 e. The maximum absolute atomic E-state index is 11.2. The molecular formula is C9H13N3OS. The summed E-state index contributed by atoms with van der Waals surface area (Å²) in [6.45, 7) is 4.43. The molecule has 0 spiro atoms. The van der Waals surface area contributed by atoms with Crippen molar-refractivity contribution in [3.63, 3.8) is 0 Å². The second-order valence-corrected chi connectivity index (χ2v) is 3.65. The van der Waals surface area contributed by atoms with Crippen molar-refractivity contribution in [2.75, 3.05) is 6.54 Å². The molecule has 4 nitrogen and oxygen atoms in total. The van der Waals surface area contributed by atoms with Crippen LogP contribution in [0.25, 0.3) is 0 Å². The Morgan fingerprint density at radius 1 is 1.79 bits per heavy atom. The average Bonchev–Trinajstić information content (AvgIpc) is 2.62. The number of amides is 1.